The number of anilines is 1. The van der Waals surface area contributed by atoms with E-state index >= 15 is 0 Å². The molecule has 0 aliphatic carbocycles. The fraction of sp³-hybridized carbons (Fsp3) is 0.385. The normalized spacial score (nSPS) is 11.5. The van der Waals surface area contributed by atoms with Crippen LogP contribution in [0.25, 0.3) is 11.0 Å². The quantitative estimate of drug-likeness (QED) is 0.814. The van der Waals surface area contributed by atoms with Gasteiger partial charge in [-0.1, -0.05) is 0 Å². The van der Waals surface area contributed by atoms with Crippen LogP contribution >= 0.6 is 0 Å². The number of nitrogens with zero attached hydrogens (tertiary/aromatic N) is 1. The van der Waals surface area contributed by atoms with Gasteiger partial charge in [0.2, 0.25) is 0 Å². The third-order valence-electron chi connectivity index (χ3n) is 2.66. The van der Waals surface area contributed by atoms with Gasteiger partial charge in [-0.2, -0.15) is 0 Å². The van der Waals surface area contributed by atoms with E-state index in [0.29, 0.717) is 6.61 Å². The first-order valence-corrected chi connectivity index (χ1v) is 5.91. The van der Waals surface area contributed by atoms with Crippen LogP contribution in [0, 0.1) is 0 Å². The van der Waals surface area contributed by atoms with Crippen molar-refractivity contribution >= 4 is 22.7 Å². The molecule has 2 rings (SSSR count). The number of H-pyrrole nitrogens is 1. The summed E-state index contributed by atoms with van der Waals surface area (Å²) in [4.78, 5) is 19.0. The van der Waals surface area contributed by atoms with Crippen LogP contribution in [0.2, 0.25) is 0 Å². The Kier molecular flexibility index (Phi) is 3.23. The van der Waals surface area contributed by atoms with E-state index in [1.165, 1.54) is 0 Å². The molecule has 96 valence electrons. The number of aromatic amines is 1. The maximum atomic E-state index is 11.8. The minimum atomic E-state index is -0.760. The van der Waals surface area contributed by atoms with Gasteiger partial charge in [0.25, 0.3) is 0 Å². The summed E-state index contributed by atoms with van der Waals surface area (Å²) in [7, 11) is 0. The van der Waals surface area contributed by atoms with Crippen LogP contribution in [0.1, 0.15) is 20.8 Å². The van der Waals surface area contributed by atoms with Gasteiger partial charge >= 0.3 is 5.97 Å². The number of fused-ring (bicyclic) bond motifs is 1. The molecule has 0 unspecified atom stereocenters. The molecule has 0 amide bonds. The van der Waals surface area contributed by atoms with E-state index in [1.807, 2.05) is 18.2 Å². The molecule has 0 aliphatic rings. The van der Waals surface area contributed by atoms with Crippen LogP contribution in [0.15, 0.2) is 24.5 Å². The fourth-order valence-electron chi connectivity index (χ4n) is 1.74. The molecule has 0 radical (unpaired) electrons. The minimum Gasteiger partial charge on any atom is -0.464 e. The van der Waals surface area contributed by atoms with E-state index in [2.05, 4.69) is 15.3 Å². The number of rotatable bonds is 4. The van der Waals surface area contributed by atoms with Crippen molar-refractivity contribution in [1.82, 2.24) is 9.97 Å². The number of aromatic nitrogens is 2. The Hall–Kier alpha value is -2.04. The van der Waals surface area contributed by atoms with Crippen molar-refractivity contribution in [2.75, 3.05) is 11.9 Å². The second kappa shape index (κ2) is 4.68. The van der Waals surface area contributed by atoms with Crippen LogP contribution in [0.4, 0.5) is 5.69 Å². The summed E-state index contributed by atoms with van der Waals surface area (Å²) >= 11 is 0. The second-order valence-corrected chi connectivity index (χ2v) is 4.60. The van der Waals surface area contributed by atoms with E-state index in [0.717, 1.165) is 16.7 Å². The van der Waals surface area contributed by atoms with Crippen molar-refractivity contribution < 1.29 is 9.53 Å². The molecule has 2 aromatic rings. The summed E-state index contributed by atoms with van der Waals surface area (Å²) in [5, 5.41) is 3.16. The lowest BCUT2D eigenvalue weighted by Crippen LogP contribution is -2.41. The molecule has 1 aromatic carbocycles. The third kappa shape index (κ3) is 2.45. The summed E-state index contributed by atoms with van der Waals surface area (Å²) in [6.07, 6.45) is 1.64. The van der Waals surface area contributed by atoms with E-state index in [9.17, 15) is 4.79 Å². The van der Waals surface area contributed by atoms with Crippen molar-refractivity contribution in [1.29, 1.82) is 0 Å². The van der Waals surface area contributed by atoms with Crippen LogP contribution in [-0.2, 0) is 9.53 Å². The molecule has 5 heteroatoms. The van der Waals surface area contributed by atoms with Gasteiger partial charge in [0.05, 0.1) is 24.0 Å². The number of hydrogen-bond acceptors (Lipinski definition) is 4. The van der Waals surface area contributed by atoms with Gasteiger partial charge in [0.1, 0.15) is 5.54 Å². The van der Waals surface area contributed by atoms with Crippen molar-refractivity contribution in [2.45, 2.75) is 26.3 Å². The Balaban J connectivity index is 2.19. The van der Waals surface area contributed by atoms with E-state index < -0.39 is 5.54 Å². The molecule has 0 fully saturated rings. The number of benzene rings is 1. The summed E-state index contributed by atoms with van der Waals surface area (Å²) in [6, 6.07) is 5.71. The topological polar surface area (TPSA) is 67.0 Å². The summed E-state index contributed by atoms with van der Waals surface area (Å²) in [5.74, 6) is -0.269. The second-order valence-electron chi connectivity index (χ2n) is 4.60. The first-order valence-electron chi connectivity index (χ1n) is 5.91. The number of nitrogens with one attached hydrogen (secondary N) is 2. The van der Waals surface area contributed by atoms with Crippen molar-refractivity contribution in [3.05, 3.63) is 24.5 Å². The smallest absolute Gasteiger partial charge is 0.331 e. The van der Waals surface area contributed by atoms with Crippen LogP contribution in [0.5, 0.6) is 0 Å². The van der Waals surface area contributed by atoms with Crippen molar-refractivity contribution in [2.24, 2.45) is 0 Å². The molecular formula is C13H17N3O2. The monoisotopic (exact) mass is 247 g/mol. The Morgan fingerprint density at radius 2 is 2.28 bits per heavy atom. The molecule has 1 heterocycles. The highest BCUT2D eigenvalue weighted by Crippen LogP contribution is 2.20. The van der Waals surface area contributed by atoms with Gasteiger partial charge < -0.3 is 15.0 Å². The highest BCUT2D eigenvalue weighted by atomic mass is 16.5. The Labute approximate surface area is 106 Å². The maximum Gasteiger partial charge on any atom is 0.331 e. The Morgan fingerprint density at radius 3 is 3.00 bits per heavy atom. The highest BCUT2D eigenvalue weighted by molar-refractivity contribution is 5.85. The maximum absolute atomic E-state index is 11.8. The zero-order chi connectivity index (χ0) is 13.2. The highest BCUT2D eigenvalue weighted by Gasteiger charge is 2.28. The zero-order valence-corrected chi connectivity index (χ0v) is 10.8. The molecule has 0 atom stereocenters. The molecule has 0 saturated carbocycles. The van der Waals surface area contributed by atoms with Crippen LogP contribution < -0.4 is 5.32 Å². The van der Waals surface area contributed by atoms with E-state index in [4.69, 9.17) is 4.74 Å². The summed E-state index contributed by atoms with van der Waals surface area (Å²) in [5.41, 5.74) is 1.92. The number of hydrogen-bond donors (Lipinski definition) is 2. The standard InChI is InChI=1S/C13H17N3O2/c1-4-18-12(17)13(2,3)16-9-5-6-10-11(7-9)15-8-14-10/h5-8,16H,4H2,1-3H3,(H,14,15). The largest absolute Gasteiger partial charge is 0.464 e. The average molecular weight is 247 g/mol. The number of esters is 1. The predicted molar refractivity (Wildman–Crippen MR) is 70.4 cm³/mol. The van der Waals surface area contributed by atoms with Gasteiger partial charge in [-0.3, -0.25) is 0 Å². The van der Waals surface area contributed by atoms with Gasteiger partial charge in [-0.15, -0.1) is 0 Å². The Bertz CT molecular complexity index is 560. The van der Waals surface area contributed by atoms with Crippen molar-refractivity contribution in [3.63, 3.8) is 0 Å². The molecule has 2 N–H and O–H groups in total. The first-order chi connectivity index (χ1) is 8.53. The number of imidazole rings is 1. The number of carbonyl (C=O) groups excluding carboxylic acids is 1. The van der Waals surface area contributed by atoms with E-state index in [-0.39, 0.29) is 5.97 Å². The lowest BCUT2D eigenvalue weighted by molar-refractivity contribution is -0.147. The molecule has 5 nitrogen and oxygen atoms in total. The van der Waals surface area contributed by atoms with Crippen LogP contribution in [-0.4, -0.2) is 28.1 Å². The Morgan fingerprint density at radius 1 is 1.50 bits per heavy atom. The fourth-order valence-corrected chi connectivity index (χ4v) is 1.74. The van der Waals surface area contributed by atoms with Gasteiger partial charge in [0, 0.05) is 5.69 Å². The van der Waals surface area contributed by atoms with Gasteiger partial charge in [0.15, 0.2) is 0 Å². The van der Waals surface area contributed by atoms with Gasteiger partial charge in [-0.25, -0.2) is 9.78 Å². The van der Waals surface area contributed by atoms with Crippen molar-refractivity contribution in [3.8, 4) is 0 Å². The summed E-state index contributed by atoms with van der Waals surface area (Å²) < 4.78 is 5.03. The molecule has 1 aromatic heterocycles. The SMILES string of the molecule is CCOC(=O)C(C)(C)Nc1ccc2nc[nH]c2c1. The first kappa shape index (κ1) is 12.4. The molecule has 0 spiro atoms. The van der Waals surface area contributed by atoms with Gasteiger partial charge in [-0.05, 0) is 39.0 Å². The van der Waals surface area contributed by atoms with Crippen LogP contribution in [0.3, 0.4) is 0 Å². The molecule has 0 aliphatic heterocycles. The van der Waals surface area contributed by atoms with E-state index in [1.54, 1.807) is 27.1 Å². The third-order valence-corrected chi connectivity index (χ3v) is 2.66. The number of carbonyl (C=O) groups is 1. The number of ether oxygens (including phenoxy) is 1. The zero-order valence-electron chi connectivity index (χ0n) is 10.8. The lowest BCUT2D eigenvalue weighted by Gasteiger charge is -2.25. The molecule has 0 saturated heterocycles. The molecule has 18 heavy (non-hydrogen) atoms. The molecule has 0 bridgehead atoms. The molecular weight excluding hydrogens is 230 g/mol. The minimum absolute atomic E-state index is 0.269. The summed E-state index contributed by atoms with van der Waals surface area (Å²) in [6.45, 7) is 5.76. The predicted octanol–water partition coefficient (Wildman–Crippen LogP) is 2.32. The average Bonchev–Trinajstić information content (AvgIpc) is 2.76. The lowest BCUT2D eigenvalue weighted by atomic mass is 10.1.